The Labute approximate surface area is 102 Å². The molecule has 0 aromatic carbocycles. The van der Waals surface area contributed by atoms with E-state index in [0.29, 0.717) is 6.04 Å². The third-order valence-electron chi connectivity index (χ3n) is 4.84. The van der Waals surface area contributed by atoms with Gasteiger partial charge in [0.15, 0.2) is 0 Å². The van der Waals surface area contributed by atoms with E-state index in [4.69, 9.17) is 5.73 Å². The van der Waals surface area contributed by atoms with E-state index in [2.05, 4.69) is 32.7 Å². The fraction of sp³-hybridized carbons (Fsp3) is 1.00. The minimum absolute atomic E-state index is 0.271. The van der Waals surface area contributed by atoms with Crippen LogP contribution in [0, 0.1) is 5.92 Å². The molecule has 0 heterocycles. The van der Waals surface area contributed by atoms with Gasteiger partial charge < -0.3 is 5.73 Å². The van der Waals surface area contributed by atoms with Crippen molar-refractivity contribution in [3.8, 4) is 0 Å². The molecule has 1 aliphatic carbocycles. The molecule has 3 atom stereocenters. The Bertz CT molecular complexity index is 205. The van der Waals surface area contributed by atoms with Crippen LogP contribution in [0.5, 0.6) is 0 Å². The maximum absolute atomic E-state index is 6.12. The molecule has 1 fully saturated rings. The lowest BCUT2D eigenvalue weighted by Gasteiger charge is -2.51. The first-order valence-corrected chi connectivity index (χ1v) is 7.01. The predicted molar refractivity (Wildman–Crippen MR) is 71.6 cm³/mol. The molecular formula is C14H30N2. The minimum atomic E-state index is 0.271. The van der Waals surface area contributed by atoms with E-state index in [-0.39, 0.29) is 5.54 Å². The normalized spacial score (nSPS) is 33.0. The molecule has 1 saturated carbocycles. The van der Waals surface area contributed by atoms with Gasteiger partial charge in [0.2, 0.25) is 0 Å². The first-order chi connectivity index (χ1) is 7.58. The van der Waals surface area contributed by atoms with Crippen molar-refractivity contribution in [3.63, 3.8) is 0 Å². The highest BCUT2D eigenvalue weighted by Gasteiger charge is 2.41. The van der Waals surface area contributed by atoms with E-state index in [0.717, 1.165) is 12.5 Å². The lowest BCUT2D eigenvalue weighted by Crippen LogP contribution is -2.60. The highest BCUT2D eigenvalue weighted by Crippen LogP contribution is 2.38. The topological polar surface area (TPSA) is 29.3 Å². The molecule has 1 rings (SSSR count). The van der Waals surface area contributed by atoms with Crippen molar-refractivity contribution in [3.05, 3.63) is 0 Å². The molecule has 0 bridgehead atoms. The van der Waals surface area contributed by atoms with Gasteiger partial charge in [-0.1, -0.05) is 33.1 Å². The van der Waals surface area contributed by atoms with Crippen LogP contribution in [0.4, 0.5) is 0 Å². The Morgan fingerprint density at radius 3 is 2.62 bits per heavy atom. The number of rotatable bonds is 5. The van der Waals surface area contributed by atoms with Crippen LogP contribution in [0.2, 0.25) is 0 Å². The number of likely N-dealkylation sites (N-methyl/N-ethyl adjacent to an activating group) is 1. The monoisotopic (exact) mass is 226 g/mol. The Morgan fingerprint density at radius 1 is 1.44 bits per heavy atom. The Kier molecular flexibility index (Phi) is 5.26. The van der Waals surface area contributed by atoms with Crippen LogP contribution >= 0.6 is 0 Å². The van der Waals surface area contributed by atoms with Gasteiger partial charge in [-0.25, -0.2) is 0 Å². The van der Waals surface area contributed by atoms with Gasteiger partial charge in [0.05, 0.1) is 0 Å². The van der Waals surface area contributed by atoms with Crippen molar-refractivity contribution in [2.75, 3.05) is 13.6 Å². The van der Waals surface area contributed by atoms with Crippen molar-refractivity contribution in [2.24, 2.45) is 11.7 Å². The summed E-state index contributed by atoms with van der Waals surface area (Å²) >= 11 is 0. The van der Waals surface area contributed by atoms with Crippen molar-refractivity contribution in [1.29, 1.82) is 0 Å². The largest absolute Gasteiger partial charge is 0.329 e. The fourth-order valence-corrected chi connectivity index (χ4v) is 3.42. The van der Waals surface area contributed by atoms with Gasteiger partial charge in [0.25, 0.3) is 0 Å². The highest BCUT2D eigenvalue weighted by atomic mass is 15.2. The van der Waals surface area contributed by atoms with Crippen LogP contribution in [0.15, 0.2) is 0 Å². The third-order valence-corrected chi connectivity index (χ3v) is 4.84. The molecule has 0 spiro atoms. The second-order valence-corrected chi connectivity index (χ2v) is 5.70. The van der Waals surface area contributed by atoms with E-state index in [1.807, 2.05) is 0 Å². The zero-order chi connectivity index (χ0) is 12.2. The molecule has 0 saturated heterocycles. The molecule has 2 N–H and O–H groups in total. The molecule has 0 aromatic rings. The maximum Gasteiger partial charge on any atom is 0.0356 e. The molecule has 96 valence electrons. The molecule has 1 aliphatic rings. The van der Waals surface area contributed by atoms with Crippen molar-refractivity contribution >= 4 is 0 Å². The summed E-state index contributed by atoms with van der Waals surface area (Å²) in [6.45, 7) is 7.83. The molecule has 2 nitrogen and oxygen atoms in total. The third kappa shape index (κ3) is 2.60. The van der Waals surface area contributed by atoms with Crippen LogP contribution in [0.25, 0.3) is 0 Å². The zero-order valence-electron chi connectivity index (χ0n) is 11.6. The molecular weight excluding hydrogens is 196 g/mol. The van der Waals surface area contributed by atoms with Gasteiger partial charge in [-0.3, -0.25) is 4.90 Å². The first kappa shape index (κ1) is 14.0. The van der Waals surface area contributed by atoms with Crippen molar-refractivity contribution in [1.82, 2.24) is 4.90 Å². The van der Waals surface area contributed by atoms with E-state index < -0.39 is 0 Å². The summed E-state index contributed by atoms with van der Waals surface area (Å²) in [5.74, 6) is 0.746. The second kappa shape index (κ2) is 6.02. The summed E-state index contributed by atoms with van der Waals surface area (Å²) in [4.78, 5) is 2.58. The van der Waals surface area contributed by atoms with Crippen LogP contribution in [-0.4, -0.2) is 30.1 Å². The molecule has 0 aromatic heterocycles. The van der Waals surface area contributed by atoms with Gasteiger partial charge in [0.1, 0.15) is 0 Å². The van der Waals surface area contributed by atoms with E-state index >= 15 is 0 Å². The van der Waals surface area contributed by atoms with Crippen LogP contribution in [0.3, 0.4) is 0 Å². The molecule has 0 aliphatic heterocycles. The van der Waals surface area contributed by atoms with E-state index in [1.165, 1.54) is 38.5 Å². The quantitative estimate of drug-likeness (QED) is 0.781. The van der Waals surface area contributed by atoms with Gasteiger partial charge >= 0.3 is 0 Å². The van der Waals surface area contributed by atoms with Crippen molar-refractivity contribution in [2.45, 2.75) is 70.9 Å². The lowest BCUT2D eigenvalue weighted by atomic mass is 9.72. The second-order valence-electron chi connectivity index (χ2n) is 5.70. The number of nitrogens with two attached hydrogens (primary N) is 1. The van der Waals surface area contributed by atoms with E-state index in [1.54, 1.807) is 0 Å². The Hall–Kier alpha value is -0.0800. The van der Waals surface area contributed by atoms with Gasteiger partial charge in [0, 0.05) is 18.1 Å². The number of nitrogens with zero attached hydrogens (tertiary/aromatic N) is 1. The molecule has 0 radical (unpaired) electrons. The van der Waals surface area contributed by atoms with Crippen LogP contribution < -0.4 is 5.73 Å². The van der Waals surface area contributed by atoms with Crippen LogP contribution in [0.1, 0.15) is 59.3 Å². The first-order valence-electron chi connectivity index (χ1n) is 7.01. The summed E-state index contributed by atoms with van der Waals surface area (Å²) < 4.78 is 0. The summed E-state index contributed by atoms with van der Waals surface area (Å²) in [5, 5.41) is 0. The zero-order valence-corrected chi connectivity index (χ0v) is 11.6. The smallest absolute Gasteiger partial charge is 0.0356 e. The molecule has 0 amide bonds. The summed E-state index contributed by atoms with van der Waals surface area (Å²) in [5.41, 5.74) is 6.39. The number of hydrogen-bond donors (Lipinski definition) is 1. The van der Waals surface area contributed by atoms with Gasteiger partial charge in [-0.2, -0.15) is 0 Å². The standard InChI is InChI=1S/C14H30N2/c1-5-8-13(3)16(4)14(11-15)10-7-6-9-12(14)2/h12-13H,5-11,15H2,1-4H3. The van der Waals surface area contributed by atoms with Crippen molar-refractivity contribution < 1.29 is 0 Å². The summed E-state index contributed by atoms with van der Waals surface area (Å²) in [7, 11) is 2.29. The molecule has 16 heavy (non-hydrogen) atoms. The lowest BCUT2D eigenvalue weighted by molar-refractivity contribution is 0.00483. The summed E-state index contributed by atoms with van der Waals surface area (Å²) in [6, 6.07) is 0.661. The molecule has 2 heteroatoms. The van der Waals surface area contributed by atoms with Gasteiger partial charge in [-0.05, 0) is 39.2 Å². The maximum atomic E-state index is 6.12. The summed E-state index contributed by atoms with van der Waals surface area (Å²) in [6.07, 6.45) is 7.92. The SMILES string of the molecule is CCCC(C)N(C)C1(CN)CCCCC1C. The minimum Gasteiger partial charge on any atom is -0.329 e. The fourth-order valence-electron chi connectivity index (χ4n) is 3.42. The van der Waals surface area contributed by atoms with E-state index in [9.17, 15) is 0 Å². The number of hydrogen-bond acceptors (Lipinski definition) is 2. The highest BCUT2D eigenvalue weighted by molar-refractivity contribution is 4.98. The Morgan fingerprint density at radius 2 is 2.12 bits per heavy atom. The molecule has 3 unspecified atom stereocenters. The predicted octanol–water partition coefficient (Wildman–Crippen LogP) is 3.01. The Balaban J connectivity index is 2.76. The van der Waals surface area contributed by atoms with Crippen LogP contribution in [-0.2, 0) is 0 Å². The van der Waals surface area contributed by atoms with Gasteiger partial charge in [-0.15, -0.1) is 0 Å². The average molecular weight is 226 g/mol. The average Bonchev–Trinajstić information content (AvgIpc) is 2.29.